The molecule has 0 saturated heterocycles. The van der Waals surface area contributed by atoms with Gasteiger partial charge in [-0.2, -0.15) is 14.0 Å². The van der Waals surface area contributed by atoms with Crippen LogP contribution in [0.15, 0.2) is 67.3 Å². The van der Waals surface area contributed by atoms with E-state index in [4.69, 9.17) is 0 Å². The summed E-state index contributed by atoms with van der Waals surface area (Å²) in [5, 5.41) is 15.6. The van der Waals surface area contributed by atoms with Gasteiger partial charge in [0.05, 0.1) is 29.7 Å². The Labute approximate surface area is 193 Å². The number of pyridine rings is 4. The Kier molecular flexibility index (Phi) is 6.64. The molecule has 0 radical (unpaired) electrons. The number of aromatic nitrogens is 4. The Hall–Kier alpha value is -4.52. The lowest BCUT2D eigenvalue weighted by atomic mass is 10.1. The molecule has 1 amide bonds. The maximum atomic E-state index is 14.4. The highest BCUT2D eigenvalue weighted by molar-refractivity contribution is 5.82. The first-order chi connectivity index (χ1) is 16.5. The minimum absolute atomic E-state index is 0.125. The zero-order valence-electron chi connectivity index (χ0n) is 17.9. The van der Waals surface area contributed by atoms with Gasteiger partial charge < -0.3 is 10.6 Å². The fraction of sp³-hybridized carbons (Fsp3) is 0.167. The molecule has 0 bridgehead atoms. The first kappa shape index (κ1) is 22.7. The van der Waals surface area contributed by atoms with Crippen LogP contribution in [0.25, 0.3) is 10.9 Å². The van der Waals surface area contributed by atoms with E-state index >= 15 is 0 Å². The van der Waals surface area contributed by atoms with E-state index in [0.717, 1.165) is 16.5 Å². The van der Waals surface area contributed by atoms with Gasteiger partial charge in [0.2, 0.25) is 5.91 Å². The summed E-state index contributed by atoms with van der Waals surface area (Å²) >= 11 is 0. The van der Waals surface area contributed by atoms with Crippen LogP contribution in [-0.2, 0) is 23.7 Å². The average Bonchev–Trinajstić information content (AvgIpc) is 2.87. The summed E-state index contributed by atoms with van der Waals surface area (Å²) in [6, 6.07) is 12.8. The number of carbonyl (C=O) groups is 1. The Morgan fingerprint density at radius 3 is 2.71 bits per heavy atom. The maximum absolute atomic E-state index is 14.4. The van der Waals surface area contributed by atoms with Crippen LogP contribution in [0.4, 0.5) is 14.6 Å². The van der Waals surface area contributed by atoms with Crippen molar-refractivity contribution in [2.75, 3.05) is 11.9 Å². The van der Waals surface area contributed by atoms with Gasteiger partial charge in [0.25, 0.3) is 0 Å². The number of anilines is 1. The van der Waals surface area contributed by atoms with E-state index in [0.29, 0.717) is 0 Å². The zero-order chi connectivity index (χ0) is 24.0. The van der Waals surface area contributed by atoms with Gasteiger partial charge in [-0.3, -0.25) is 19.7 Å². The minimum Gasteiger partial charge on any atom is -0.364 e. The highest BCUT2D eigenvalue weighted by atomic mass is 19.3. The Morgan fingerprint density at radius 1 is 1.06 bits per heavy atom. The molecule has 8 nitrogen and oxygen atoms in total. The number of carbonyl (C=O) groups excluding carboxylic acids is 1. The molecule has 0 aliphatic carbocycles. The van der Waals surface area contributed by atoms with E-state index in [1.54, 1.807) is 30.7 Å². The second kappa shape index (κ2) is 9.95. The van der Waals surface area contributed by atoms with E-state index in [9.17, 15) is 18.8 Å². The van der Waals surface area contributed by atoms with Crippen LogP contribution < -0.4 is 10.6 Å². The molecule has 0 aromatic carbocycles. The largest absolute Gasteiger partial charge is 0.364 e. The van der Waals surface area contributed by atoms with Crippen LogP contribution in [0.5, 0.6) is 0 Å². The van der Waals surface area contributed by atoms with Crippen LogP contribution in [-0.4, -0.2) is 32.4 Å². The second-order valence-corrected chi connectivity index (χ2v) is 7.40. The number of amides is 1. The lowest BCUT2D eigenvalue weighted by molar-refractivity contribution is -0.120. The third-order valence-electron chi connectivity index (χ3n) is 5.02. The van der Waals surface area contributed by atoms with Crippen molar-refractivity contribution in [1.82, 2.24) is 25.3 Å². The molecule has 0 unspecified atom stereocenters. The lowest BCUT2D eigenvalue weighted by Crippen LogP contribution is -2.27. The highest BCUT2D eigenvalue weighted by Crippen LogP contribution is 2.26. The van der Waals surface area contributed by atoms with Crippen molar-refractivity contribution in [3.63, 3.8) is 0 Å². The molecule has 4 rings (SSSR count). The maximum Gasteiger partial charge on any atom is 0.306 e. The Balaban J connectivity index is 1.42. The van der Waals surface area contributed by atoms with Gasteiger partial charge in [-0.05, 0) is 36.4 Å². The first-order valence-corrected chi connectivity index (χ1v) is 10.3. The van der Waals surface area contributed by atoms with Gasteiger partial charge in [0.15, 0.2) is 0 Å². The van der Waals surface area contributed by atoms with Crippen molar-refractivity contribution >= 4 is 22.6 Å². The summed E-state index contributed by atoms with van der Waals surface area (Å²) < 4.78 is 28.8. The van der Waals surface area contributed by atoms with Crippen molar-refractivity contribution in [3.8, 4) is 6.07 Å². The topological polar surface area (TPSA) is 116 Å². The molecule has 4 heterocycles. The van der Waals surface area contributed by atoms with Gasteiger partial charge in [-0.25, -0.2) is 4.98 Å². The molecule has 170 valence electrons. The van der Waals surface area contributed by atoms with Crippen molar-refractivity contribution in [1.29, 1.82) is 5.26 Å². The van der Waals surface area contributed by atoms with E-state index in [1.807, 2.05) is 12.1 Å². The van der Waals surface area contributed by atoms with E-state index in [2.05, 4.69) is 30.6 Å². The summed E-state index contributed by atoms with van der Waals surface area (Å²) in [6.45, 7) is -0.550. The molecule has 4 aromatic heterocycles. The van der Waals surface area contributed by atoms with Crippen molar-refractivity contribution < 1.29 is 13.6 Å². The number of fused-ring (bicyclic) bond motifs is 1. The van der Waals surface area contributed by atoms with Crippen LogP contribution in [0.2, 0.25) is 0 Å². The Bertz CT molecular complexity index is 1350. The van der Waals surface area contributed by atoms with Gasteiger partial charge in [-0.15, -0.1) is 0 Å². The van der Waals surface area contributed by atoms with E-state index in [1.165, 1.54) is 30.5 Å². The predicted molar refractivity (Wildman–Crippen MR) is 121 cm³/mol. The molecule has 0 aliphatic heterocycles. The lowest BCUT2D eigenvalue weighted by Gasteiger charge is -2.17. The SMILES string of the molecule is N#Cc1ccc(NCC(F)(F)c2ccccn2)nc1CC(=O)NCc1cncc2cccnc12. The number of nitrogens with one attached hydrogen (secondary N) is 2. The summed E-state index contributed by atoms with van der Waals surface area (Å²) in [7, 11) is 0. The van der Waals surface area contributed by atoms with Crippen molar-refractivity contribution in [3.05, 3.63) is 89.8 Å². The third kappa shape index (κ3) is 5.27. The number of alkyl halides is 2. The first-order valence-electron chi connectivity index (χ1n) is 10.3. The highest BCUT2D eigenvalue weighted by Gasteiger charge is 2.32. The van der Waals surface area contributed by atoms with E-state index in [-0.39, 0.29) is 41.6 Å². The minimum atomic E-state index is -3.23. The fourth-order valence-corrected chi connectivity index (χ4v) is 3.30. The molecule has 0 aliphatic rings. The van der Waals surface area contributed by atoms with Gasteiger partial charge in [-0.1, -0.05) is 6.07 Å². The fourth-order valence-electron chi connectivity index (χ4n) is 3.30. The molecule has 0 saturated carbocycles. The van der Waals surface area contributed by atoms with Crippen molar-refractivity contribution in [2.45, 2.75) is 18.9 Å². The van der Waals surface area contributed by atoms with Crippen LogP contribution in [0, 0.1) is 11.3 Å². The Morgan fingerprint density at radius 2 is 1.91 bits per heavy atom. The van der Waals surface area contributed by atoms with Crippen LogP contribution in [0.1, 0.15) is 22.5 Å². The molecule has 0 spiro atoms. The molecule has 34 heavy (non-hydrogen) atoms. The predicted octanol–water partition coefficient (Wildman–Crippen LogP) is 3.35. The number of halogens is 2. The zero-order valence-corrected chi connectivity index (χ0v) is 17.9. The number of hydrogen-bond donors (Lipinski definition) is 2. The molecular formula is C24H19F2N7O. The number of hydrogen-bond acceptors (Lipinski definition) is 7. The summed E-state index contributed by atoms with van der Waals surface area (Å²) in [5.41, 5.74) is 1.47. The standard InChI is InChI=1S/C24H19F2N7O/c25-24(26,20-5-1-2-8-29-20)15-32-21-7-6-16(11-27)19(33-21)10-22(34)31-14-18-13-28-12-17-4-3-9-30-23(17)18/h1-9,12-13H,10,14-15H2,(H,31,34)(H,32,33). The van der Waals surface area contributed by atoms with Crippen LogP contribution in [0.3, 0.4) is 0 Å². The van der Waals surface area contributed by atoms with Gasteiger partial charge in [0, 0.05) is 42.3 Å². The normalized spacial score (nSPS) is 11.1. The number of nitrogens with zero attached hydrogens (tertiary/aromatic N) is 5. The summed E-state index contributed by atoms with van der Waals surface area (Å²) in [4.78, 5) is 28.9. The number of nitriles is 1. The average molecular weight is 459 g/mol. The van der Waals surface area contributed by atoms with Gasteiger partial charge in [0.1, 0.15) is 17.6 Å². The van der Waals surface area contributed by atoms with Crippen LogP contribution >= 0.6 is 0 Å². The molecule has 0 atom stereocenters. The molecular weight excluding hydrogens is 440 g/mol. The molecule has 4 aromatic rings. The summed E-state index contributed by atoms with van der Waals surface area (Å²) in [6.07, 6.45) is 6.07. The second-order valence-electron chi connectivity index (χ2n) is 7.40. The summed E-state index contributed by atoms with van der Waals surface area (Å²) in [5.74, 6) is -3.48. The van der Waals surface area contributed by atoms with E-state index < -0.39 is 12.5 Å². The third-order valence-corrected chi connectivity index (χ3v) is 5.02. The monoisotopic (exact) mass is 459 g/mol. The molecule has 0 fully saturated rings. The smallest absolute Gasteiger partial charge is 0.306 e. The quantitative estimate of drug-likeness (QED) is 0.415. The van der Waals surface area contributed by atoms with Gasteiger partial charge >= 0.3 is 5.92 Å². The molecule has 2 N–H and O–H groups in total. The number of rotatable bonds is 8. The van der Waals surface area contributed by atoms with Crippen molar-refractivity contribution in [2.24, 2.45) is 0 Å². The molecule has 10 heteroatoms.